The summed E-state index contributed by atoms with van der Waals surface area (Å²) in [4.78, 5) is 15.6. The Morgan fingerprint density at radius 1 is 1.28 bits per heavy atom. The van der Waals surface area contributed by atoms with Gasteiger partial charge in [0.15, 0.2) is 0 Å². The third kappa shape index (κ3) is 4.09. The maximum Gasteiger partial charge on any atom is 0.236 e. The minimum Gasteiger partial charge on any atom is -0.497 e. The Kier molecular flexibility index (Phi) is 5.19. The first-order valence-corrected chi connectivity index (χ1v) is 8.38. The van der Waals surface area contributed by atoms with Crippen molar-refractivity contribution in [1.82, 2.24) is 19.6 Å². The van der Waals surface area contributed by atoms with Crippen molar-refractivity contribution in [3.63, 3.8) is 0 Å². The molecule has 25 heavy (non-hydrogen) atoms. The van der Waals surface area contributed by atoms with Gasteiger partial charge in [0, 0.05) is 38.9 Å². The van der Waals surface area contributed by atoms with Crippen LogP contribution >= 0.6 is 0 Å². The lowest BCUT2D eigenvalue weighted by molar-refractivity contribution is -0.129. The van der Waals surface area contributed by atoms with Crippen LogP contribution in [0.25, 0.3) is 11.3 Å². The number of hydrogen-bond acceptors (Lipinski definition) is 4. The summed E-state index contributed by atoms with van der Waals surface area (Å²) in [6.07, 6.45) is 7.07. The van der Waals surface area contributed by atoms with Gasteiger partial charge in [0.1, 0.15) is 5.75 Å². The fourth-order valence-electron chi connectivity index (χ4n) is 2.81. The molecule has 6 nitrogen and oxygen atoms in total. The lowest BCUT2D eigenvalue weighted by atomic mass is 10.0. The molecule has 2 aromatic rings. The summed E-state index contributed by atoms with van der Waals surface area (Å²) in [7, 11) is 5.24. The van der Waals surface area contributed by atoms with Crippen LogP contribution in [0.15, 0.2) is 42.7 Å². The molecule has 1 aliphatic rings. The maximum atomic E-state index is 11.8. The number of nitrogens with zero attached hydrogens (tertiary/aromatic N) is 4. The Hall–Kier alpha value is -2.60. The fourth-order valence-corrected chi connectivity index (χ4v) is 2.81. The van der Waals surface area contributed by atoms with Crippen LogP contribution in [0.4, 0.5) is 0 Å². The Morgan fingerprint density at radius 3 is 2.64 bits per heavy atom. The van der Waals surface area contributed by atoms with Crippen molar-refractivity contribution in [2.24, 2.45) is 0 Å². The van der Waals surface area contributed by atoms with Gasteiger partial charge < -0.3 is 9.64 Å². The van der Waals surface area contributed by atoms with E-state index in [0.717, 1.165) is 36.5 Å². The largest absolute Gasteiger partial charge is 0.497 e. The summed E-state index contributed by atoms with van der Waals surface area (Å²) in [6, 6.07) is 7.82. The molecule has 3 rings (SSSR count). The molecule has 0 bridgehead atoms. The lowest BCUT2D eigenvalue weighted by Crippen LogP contribution is -2.38. The predicted octanol–water partition coefficient (Wildman–Crippen LogP) is 2.06. The highest BCUT2D eigenvalue weighted by Crippen LogP contribution is 2.23. The van der Waals surface area contributed by atoms with E-state index in [-0.39, 0.29) is 5.91 Å². The van der Waals surface area contributed by atoms with Crippen molar-refractivity contribution in [3.8, 4) is 11.4 Å². The minimum atomic E-state index is 0.143. The van der Waals surface area contributed by atoms with Crippen molar-refractivity contribution < 1.29 is 9.53 Å². The van der Waals surface area contributed by atoms with Crippen LogP contribution in [0, 0.1) is 0 Å². The molecule has 0 saturated carbocycles. The van der Waals surface area contributed by atoms with Crippen LogP contribution < -0.4 is 4.74 Å². The molecule has 0 atom stereocenters. The van der Waals surface area contributed by atoms with Crippen molar-refractivity contribution in [2.45, 2.75) is 6.42 Å². The number of rotatable bonds is 5. The van der Waals surface area contributed by atoms with Gasteiger partial charge in [-0.05, 0) is 36.3 Å². The molecule has 1 aromatic carbocycles. The van der Waals surface area contributed by atoms with Crippen LogP contribution in [0.3, 0.4) is 0 Å². The topological polar surface area (TPSA) is 50.6 Å². The van der Waals surface area contributed by atoms with Crippen LogP contribution in [0.1, 0.15) is 12.0 Å². The highest BCUT2D eigenvalue weighted by atomic mass is 16.5. The summed E-state index contributed by atoms with van der Waals surface area (Å²) < 4.78 is 7.06. The van der Waals surface area contributed by atoms with E-state index in [1.54, 1.807) is 26.1 Å². The lowest BCUT2D eigenvalue weighted by Gasteiger charge is -2.26. The second-order valence-corrected chi connectivity index (χ2v) is 6.37. The van der Waals surface area contributed by atoms with Crippen molar-refractivity contribution >= 4 is 11.5 Å². The van der Waals surface area contributed by atoms with Crippen molar-refractivity contribution in [3.05, 3.63) is 48.3 Å². The SMILES string of the molecule is COc1ccc(-n2cc(C3=CCN(CC(=O)N(C)C)CC3)cn2)cc1. The zero-order valence-electron chi connectivity index (χ0n) is 15.0. The average Bonchev–Trinajstić information content (AvgIpc) is 3.12. The number of amides is 1. The zero-order chi connectivity index (χ0) is 17.8. The highest BCUT2D eigenvalue weighted by molar-refractivity contribution is 5.78. The van der Waals surface area contributed by atoms with Gasteiger partial charge >= 0.3 is 0 Å². The molecule has 0 radical (unpaired) electrons. The number of carbonyl (C=O) groups excluding carboxylic acids is 1. The van der Waals surface area contributed by atoms with Gasteiger partial charge in [0.2, 0.25) is 5.91 Å². The number of hydrogen-bond donors (Lipinski definition) is 0. The van der Waals surface area contributed by atoms with Gasteiger partial charge in [-0.2, -0.15) is 5.10 Å². The summed E-state index contributed by atoms with van der Waals surface area (Å²) in [5.41, 5.74) is 3.42. The third-order valence-electron chi connectivity index (χ3n) is 4.44. The normalized spacial score (nSPS) is 14.9. The quantitative estimate of drug-likeness (QED) is 0.836. The molecule has 0 unspecified atom stereocenters. The number of methoxy groups -OCH3 is 1. The van der Waals surface area contributed by atoms with Gasteiger partial charge in [0.25, 0.3) is 0 Å². The van der Waals surface area contributed by atoms with Gasteiger partial charge in [-0.25, -0.2) is 4.68 Å². The molecule has 0 spiro atoms. The van der Waals surface area contributed by atoms with Crippen LogP contribution in [0.5, 0.6) is 5.75 Å². The molecule has 0 saturated heterocycles. The van der Waals surface area contributed by atoms with E-state index in [1.807, 2.05) is 41.3 Å². The molecule has 0 aliphatic carbocycles. The summed E-state index contributed by atoms with van der Waals surface area (Å²) in [5.74, 6) is 0.975. The first-order chi connectivity index (χ1) is 12.1. The van der Waals surface area contributed by atoms with E-state index in [1.165, 1.54) is 5.57 Å². The maximum absolute atomic E-state index is 11.8. The van der Waals surface area contributed by atoms with Crippen molar-refractivity contribution in [2.75, 3.05) is 40.8 Å². The molecule has 1 amide bonds. The Balaban J connectivity index is 1.66. The summed E-state index contributed by atoms with van der Waals surface area (Å²) in [5, 5.41) is 4.47. The Labute approximate surface area is 148 Å². The smallest absolute Gasteiger partial charge is 0.236 e. The standard InChI is InChI=1S/C19H24N4O2/c1-21(2)19(24)14-22-10-8-15(9-11-22)16-12-20-23(13-16)17-4-6-18(25-3)7-5-17/h4-8,12-13H,9-11,14H2,1-3H3. The van der Waals surface area contributed by atoms with E-state index >= 15 is 0 Å². The van der Waals surface area contributed by atoms with Crippen LogP contribution in [0.2, 0.25) is 0 Å². The van der Waals surface area contributed by atoms with Gasteiger partial charge in [0.05, 0.1) is 25.5 Å². The van der Waals surface area contributed by atoms with Crippen LogP contribution in [-0.4, -0.2) is 66.3 Å². The molecule has 6 heteroatoms. The first kappa shape index (κ1) is 17.2. The Bertz CT molecular complexity index is 762. The Morgan fingerprint density at radius 2 is 2.04 bits per heavy atom. The first-order valence-electron chi connectivity index (χ1n) is 8.38. The van der Waals surface area contributed by atoms with E-state index in [4.69, 9.17) is 4.74 Å². The number of benzene rings is 1. The van der Waals surface area contributed by atoms with Gasteiger partial charge in [-0.15, -0.1) is 0 Å². The molecule has 132 valence electrons. The molecule has 2 heterocycles. The third-order valence-corrected chi connectivity index (χ3v) is 4.44. The average molecular weight is 340 g/mol. The number of aromatic nitrogens is 2. The monoisotopic (exact) mass is 340 g/mol. The van der Waals surface area contributed by atoms with E-state index < -0.39 is 0 Å². The zero-order valence-corrected chi connectivity index (χ0v) is 15.0. The van der Waals surface area contributed by atoms with Gasteiger partial charge in [-0.3, -0.25) is 9.69 Å². The number of carbonyl (C=O) groups is 1. The van der Waals surface area contributed by atoms with Crippen LogP contribution in [-0.2, 0) is 4.79 Å². The molecular weight excluding hydrogens is 316 g/mol. The van der Waals surface area contributed by atoms with Crippen molar-refractivity contribution in [1.29, 1.82) is 0 Å². The minimum absolute atomic E-state index is 0.143. The molecule has 0 N–H and O–H groups in total. The predicted molar refractivity (Wildman–Crippen MR) is 97.8 cm³/mol. The number of ether oxygens (including phenoxy) is 1. The highest BCUT2D eigenvalue weighted by Gasteiger charge is 2.17. The van der Waals surface area contributed by atoms with E-state index in [9.17, 15) is 4.79 Å². The fraction of sp³-hybridized carbons (Fsp3) is 0.368. The van der Waals surface area contributed by atoms with E-state index in [0.29, 0.717) is 6.54 Å². The second kappa shape index (κ2) is 7.53. The van der Waals surface area contributed by atoms with Gasteiger partial charge in [-0.1, -0.05) is 6.08 Å². The molecule has 1 aliphatic heterocycles. The molecular formula is C19H24N4O2. The summed E-state index contributed by atoms with van der Waals surface area (Å²) in [6.45, 7) is 2.16. The van der Waals surface area contributed by atoms with E-state index in [2.05, 4.69) is 16.1 Å². The molecule has 0 fully saturated rings. The second-order valence-electron chi connectivity index (χ2n) is 6.37. The summed E-state index contributed by atoms with van der Waals surface area (Å²) >= 11 is 0. The number of likely N-dealkylation sites (N-methyl/N-ethyl adjacent to an activating group) is 1. The molecule has 1 aromatic heterocycles.